The smallest absolute Gasteiger partial charge is 0.0624 e. The minimum atomic E-state index is 0.0388. The topological polar surface area (TPSA) is 21.3 Å². The van der Waals surface area contributed by atoms with E-state index in [1.54, 1.807) is 0 Å². The predicted octanol–water partition coefficient (Wildman–Crippen LogP) is 2.58. The van der Waals surface area contributed by atoms with Crippen molar-refractivity contribution in [1.82, 2.24) is 5.32 Å². The molecule has 0 fully saturated rings. The molecule has 0 aromatic carbocycles. The monoisotopic (exact) mass is 187 g/mol. The number of ether oxygens (including phenoxy) is 1. The van der Waals surface area contributed by atoms with Gasteiger partial charge in [0.2, 0.25) is 0 Å². The molecule has 80 valence electrons. The molecule has 0 saturated heterocycles. The largest absolute Gasteiger partial charge is 0.374 e. The lowest BCUT2D eigenvalue weighted by molar-refractivity contribution is -0.0186. The van der Waals surface area contributed by atoms with Crippen LogP contribution in [0.15, 0.2) is 0 Å². The molecule has 0 aliphatic heterocycles. The second-order valence-electron chi connectivity index (χ2n) is 4.23. The summed E-state index contributed by atoms with van der Waals surface area (Å²) in [6, 6.07) is 0.605. The van der Waals surface area contributed by atoms with Crippen molar-refractivity contribution in [2.75, 3.05) is 13.2 Å². The molecule has 0 radical (unpaired) electrons. The van der Waals surface area contributed by atoms with E-state index in [0.29, 0.717) is 6.04 Å². The van der Waals surface area contributed by atoms with Gasteiger partial charge in [0.1, 0.15) is 0 Å². The van der Waals surface area contributed by atoms with Crippen LogP contribution in [0.5, 0.6) is 0 Å². The Kier molecular flexibility index (Phi) is 6.35. The molecule has 0 aromatic rings. The van der Waals surface area contributed by atoms with Crippen molar-refractivity contribution in [1.29, 1.82) is 0 Å². The third-order valence-electron chi connectivity index (χ3n) is 2.55. The van der Waals surface area contributed by atoms with Crippen LogP contribution in [-0.2, 0) is 4.74 Å². The van der Waals surface area contributed by atoms with Crippen LogP contribution in [0.1, 0.15) is 47.5 Å². The van der Waals surface area contributed by atoms with E-state index in [1.165, 1.54) is 6.42 Å². The summed E-state index contributed by atoms with van der Waals surface area (Å²) in [4.78, 5) is 0. The van der Waals surface area contributed by atoms with Crippen molar-refractivity contribution in [3.05, 3.63) is 0 Å². The van der Waals surface area contributed by atoms with Crippen molar-refractivity contribution < 1.29 is 4.74 Å². The Labute approximate surface area is 83.1 Å². The second-order valence-corrected chi connectivity index (χ2v) is 4.23. The Balaban J connectivity index is 3.35. The highest BCUT2D eigenvalue weighted by Crippen LogP contribution is 2.12. The quantitative estimate of drug-likeness (QED) is 0.619. The van der Waals surface area contributed by atoms with Gasteiger partial charge >= 0.3 is 0 Å². The van der Waals surface area contributed by atoms with Gasteiger partial charge in [0.15, 0.2) is 0 Å². The van der Waals surface area contributed by atoms with Gasteiger partial charge in [-0.1, -0.05) is 13.8 Å². The van der Waals surface area contributed by atoms with Crippen molar-refractivity contribution in [3.8, 4) is 0 Å². The third-order valence-corrected chi connectivity index (χ3v) is 2.55. The van der Waals surface area contributed by atoms with E-state index in [-0.39, 0.29) is 5.60 Å². The zero-order valence-electron chi connectivity index (χ0n) is 9.81. The summed E-state index contributed by atoms with van der Waals surface area (Å²) >= 11 is 0. The van der Waals surface area contributed by atoms with E-state index in [9.17, 15) is 0 Å². The average Bonchev–Trinajstić information content (AvgIpc) is 2.12. The lowest BCUT2D eigenvalue weighted by Gasteiger charge is -2.24. The maximum atomic E-state index is 5.71. The normalized spacial score (nSPS) is 14.5. The summed E-state index contributed by atoms with van der Waals surface area (Å²) in [7, 11) is 0. The molecule has 1 N–H and O–H groups in total. The molecule has 2 nitrogen and oxygen atoms in total. The van der Waals surface area contributed by atoms with Crippen LogP contribution in [-0.4, -0.2) is 24.8 Å². The molecule has 0 aromatic heterocycles. The molecule has 2 heteroatoms. The van der Waals surface area contributed by atoms with Crippen LogP contribution < -0.4 is 5.32 Å². The summed E-state index contributed by atoms with van der Waals surface area (Å²) in [5.41, 5.74) is 0.0388. The molecule has 0 aliphatic carbocycles. The van der Waals surface area contributed by atoms with E-state index >= 15 is 0 Å². The summed E-state index contributed by atoms with van der Waals surface area (Å²) in [5, 5.41) is 3.40. The Morgan fingerprint density at radius 3 is 2.38 bits per heavy atom. The van der Waals surface area contributed by atoms with Crippen LogP contribution in [0, 0.1) is 0 Å². The number of rotatable bonds is 7. The van der Waals surface area contributed by atoms with Gasteiger partial charge in [0, 0.05) is 12.6 Å². The van der Waals surface area contributed by atoms with Gasteiger partial charge in [-0.25, -0.2) is 0 Å². The first-order chi connectivity index (χ1) is 6.02. The van der Waals surface area contributed by atoms with Gasteiger partial charge in [-0.15, -0.1) is 0 Å². The summed E-state index contributed by atoms with van der Waals surface area (Å²) < 4.78 is 5.71. The highest BCUT2D eigenvalue weighted by Gasteiger charge is 2.14. The zero-order chi connectivity index (χ0) is 10.3. The predicted molar refractivity (Wildman–Crippen MR) is 58.1 cm³/mol. The highest BCUT2D eigenvalue weighted by atomic mass is 16.5. The lowest BCUT2D eigenvalue weighted by Crippen LogP contribution is -2.32. The van der Waals surface area contributed by atoms with Gasteiger partial charge in [0.05, 0.1) is 12.2 Å². The molecule has 0 spiro atoms. The fourth-order valence-electron chi connectivity index (χ4n) is 0.879. The van der Waals surface area contributed by atoms with Gasteiger partial charge in [-0.2, -0.15) is 0 Å². The van der Waals surface area contributed by atoms with Gasteiger partial charge in [-0.3, -0.25) is 0 Å². The molecular weight excluding hydrogens is 162 g/mol. The van der Waals surface area contributed by atoms with Crippen molar-refractivity contribution in [2.45, 2.75) is 59.1 Å². The molecule has 0 amide bonds. The molecule has 0 rings (SSSR count). The van der Waals surface area contributed by atoms with Crippen molar-refractivity contribution >= 4 is 0 Å². The van der Waals surface area contributed by atoms with Crippen LogP contribution in [0.4, 0.5) is 0 Å². The molecule has 0 aliphatic rings. The fourth-order valence-corrected chi connectivity index (χ4v) is 0.879. The van der Waals surface area contributed by atoms with Crippen LogP contribution >= 0.6 is 0 Å². The van der Waals surface area contributed by atoms with E-state index in [2.05, 4.69) is 39.9 Å². The van der Waals surface area contributed by atoms with Crippen LogP contribution in [0.3, 0.4) is 0 Å². The standard InChI is InChI=1S/C11H25NO/c1-6-10(3)12-8-9-13-11(4,5)7-2/h10,12H,6-9H2,1-5H3. The Bertz CT molecular complexity index is 123. The van der Waals surface area contributed by atoms with Gasteiger partial charge < -0.3 is 10.1 Å². The van der Waals surface area contributed by atoms with Crippen molar-refractivity contribution in [3.63, 3.8) is 0 Å². The molecule has 1 unspecified atom stereocenters. The first-order valence-electron chi connectivity index (χ1n) is 5.39. The SMILES string of the molecule is CCC(C)NCCOC(C)(C)CC. The van der Waals surface area contributed by atoms with E-state index in [1.807, 2.05) is 0 Å². The lowest BCUT2D eigenvalue weighted by atomic mass is 10.1. The van der Waals surface area contributed by atoms with Gasteiger partial charge in [0.25, 0.3) is 0 Å². The van der Waals surface area contributed by atoms with Crippen LogP contribution in [0.2, 0.25) is 0 Å². The fraction of sp³-hybridized carbons (Fsp3) is 1.00. The third kappa shape index (κ3) is 7.03. The van der Waals surface area contributed by atoms with Crippen molar-refractivity contribution in [2.24, 2.45) is 0 Å². The first-order valence-corrected chi connectivity index (χ1v) is 5.39. The zero-order valence-corrected chi connectivity index (χ0v) is 9.81. The molecule has 0 saturated carbocycles. The maximum absolute atomic E-state index is 5.71. The summed E-state index contributed by atoms with van der Waals surface area (Å²) in [6.45, 7) is 12.6. The second kappa shape index (κ2) is 6.39. The number of nitrogens with one attached hydrogen (secondary N) is 1. The van der Waals surface area contributed by atoms with Crippen LogP contribution in [0.25, 0.3) is 0 Å². The minimum Gasteiger partial charge on any atom is -0.374 e. The number of hydrogen-bond donors (Lipinski definition) is 1. The molecule has 0 heterocycles. The highest BCUT2D eigenvalue weighted by molar-refractivity contribution is 4.65. The Morgan fingerprint density at radius 2 is 1.92 bits per heavy atom. The van der Waals surface area contributed by atoms with E-state index in [0.717, 1.165) is 19.6 Å². The maximum Gasteiger partial charge on any atom is 0.0624 e. The molecular formula is C11H25NO. The Morgan fingerprint density at radius 1 is 1.31 bits per heavy atom. The first kappa shape index (κ1) is 12.9. The van der Waals surface area contributed by atoms with Gasteiger partial charge in [-0.05, 0) is 33.6 Å². The summed E-state index contributed by atoms with van der Waals surface area (Å²) in [5.74, 6) is 0. The molecule has 1 atom stereocenters. The van der Waals surface area contributed by atoms with E-state index < -0.39 is 0 Å². The molecule has 0 bridgehead atoms. The Hall–Kier alpha value is -0.0800. The minimum absolute atomic E-state index is 0.0388. The average molecular weight is 187 g/mol. The van der Waals surface area contributed by atoms with E-state index in [4.69, 9.17) is 4.74 Å². The summed E-state index contributed by atoms with van der Waals surface area (Å²) in [6.07, 6.45) is 2.24. The molecule has 13 heavy (non-hydrogen) atoms. The number of hydrogen-bond acceptors (Lipinski definition) is 2.